The number of phenolic OH excluding ortho intramolecular Hbond substituents is 1. The van der Waals surface area contributed by atoms with E-state index in [-0.39, 0.29) is 123 Å². The number of benzene rings is 5. The van der Waals surface area contributed by atoms with Gasteiger partial charge >= 0.3 is 30.1 Å². The second-order valence-electron chi connectivity index (χ2n) is 21.1. The van der Waals surface area contributed by atoms with Gasteiger partial charge in [0, 0.05) is 166 Å². The first-order valence-electron chi connectivity index (χ1n) is 31.0. The number of hydrogen-bond acceptors (Lipinski definition) is 14. The fourth-order valence-electron chi connectivity index (χ4n) is 8.13. The molecule has 0 fully saturated rings. The van der Waals surface area contributed by atoms with Crippen molar-refractivity contribution in [2.75, 3.05) is 0 Å². The molecule has 5 radical (unpaired) electrons. The molecule has 5 N–H and O–H groups in total. The molecule has 0 unspecified atom stereocenters. The van der Waals surface area contributed by atoms with E-state index in [1.807, 2.05) is 60.7 Å². The molecule has 0 atom stereocenters. The Hall–Kier alpha value is -11.7. The van der Waals surface area contributed by atoms with E-state index in [0.29, 0.717) is 28.2 Å². The number of phenols is 1. The average molecular weight is 2570 g/mol. The summed E-state index contributed by atoms with van der Waals surface area (Å²) in [7, 11) is 0. The van der Waals surface area contributed by atoms with Crippen LogP contribution in [0, 0.1) is 118 Å². The molecule has 42 heteroatoms. The van der Waals surface area contributed by atoms with Crippen molar-refractivity contribution in [2.24, 2.45) is 0 Å². The predicted octanol–water partition coefficient (Wildman–Crippen LogP) is 18.5. The molecule has 0 saturated heterocycles. The summed E-state index contributed by atoms with van der Waals surface area (Å²) in [5.41, 5.74) is 0.0129. The van der Waals surface area contributed by atoms with Crippen molar-refractivity contribution >= 4 is 34.8 Å². The second-order valence-corrected chi connectivity index (χ2v) is 21.1. The maximum absolute atomic E-state index is 13.2. The van der Waals surface area contributed by atoms with Crippen LogP contribution in [0.3, 0.4) is 0 Å². The molecule has 9 aromatic heterocycles. The van der Waals surface area contributed by atoms with Crippen LogP contribution in [0.25, 0.3) is 55.9 Å². The van der Waals surface area contributed by atoms with E-state index in [2.05, 4.69) is 69.1 Å². The van der Waals surface area contributed by atoms with Gasteiger partial charge < -0.3 is 45.5 Å². The number of nitrogens with zero attached hydrogens (tertiary/aromatic N) is 9. The number of halogens is 19. The topological polar surface area (TPSA) is 285 Å². The summed E-state index contributed by atoms with van der Waals surface area (Å²) < 4.78 is 236. The van der Waals surface area contributed by atoms with Crippen LogP contribution in [0.5, 0.6) is 5.75 Å². The summed E-state index contributed by atoms with van der Waals surface area (Å²) in [6.07, 6.45) is 5.26. The monoisotopic (exact) mass is 2570 g/mol. The Labute approximate surface area is 731 Å². The summed E-state index contributed by atoms with van der Waals surface area (Å²) in [5, 5.41) is 43.0. The molecular weight excluding hydrogens is 2530 g/mol. The second kappa shape index (κ2) is 52.3. The number of aromatic nitrogens is 9. The molecule has 0 aliphatic rings. The van der Waals surface area contributed by atoms with Crippen LogP contribution in [-0.2, 0) is 107 Å². The molecular formula is C78H42F19Ir5N9O9-4. The van der Waals surface area contributed by atoms with E-state index in [1.165, 1.54) is 18.3 Å². The molecule has 0 saturated carbocycles. The van der Waals surface area contributed by atoms with Crippen molar-refractivity contribution in [3.8, 4) is 50.8 Å². The van der Waals surface area contributed by atoms with Crippen LogP contribution < -0.4 is 0 Å². The van der Waals surface area contributed by atoms with Gasteiger partial charge in [-0.2, -0.15) is 39.5 Å². The summed E-state index contributed by atoms with van der Waals surface area (Å²) in [4.78, 5) is 71.3. The van der Waals surface area contributed by atoms with Gasteiger partial charge in [-0.25, -0.2) is 65.5 Å². The number of aromatic hydroxyl groups is 1. The number of hydrogen-bond donors (Lipinski definition) is 5. The van der Waals surface area contributed by atoms with Crippen LogP contribution in [0.1, 0.15) is 47.5 Å². The van der Waals surface area contributed by atoms with Gasteiger partial charge in [0.15, 0.2) is 34.5 Å². The Morgan fingerprint density at radius 1 is 0.325 bits per heavy atom. The van der Waals surface area contributed by atoms with E-state index in [0.717, 1.165) is 53.0 Å². The van der Waals surface area contributed by atoms with E-state index < -0.39 is 146 Å². The zero-order valence-corrected chi connectivity index (χ0v) is 70.6. The van der Waals surface area contributed by atoms with Gasteiger partial charge in [0.1, 0.15) is 17.0 Å². The van der Waals surface area contributed by atoms with Gasteiger partial charge in [-0.15, -0.1) is 90.0 Å². The van der Waals surface area contributed by atoms with Crippen molar-refractivity contribution in [1.82, 2.24) is 44.9 Å². The zero-order chi connectivity index (χ0) is 84.6. The Bertz CT molecular complexity index is 5330. The zero-order valence-electron chi connectivity index (χ0n) is 58.6. The molecule has 18 nitrogen and oxygen atoms in total. The summed E-state index contributed by atoms with van der Waals surface area (Å²) in [6.45, 7) is 0. The molecule has 14 aromatic rings. The van der Waals surface area contributed by atoms with Gasteiger partial charge in [-0.05, 0) is 76.9 Å². The fraction of sp³-hybridized carbons (Fsp3) is 0.0128. The largest absolute Gasteiger partial charge is 0.506 e. The van der Waals surface area contributed by atoms with E-state index in [9.17, 15) is 108 Å². The number of fused-ring (bicyclic) bond motifs is 1. The average Bonchev–Trinajstić information content (AvgIpc) is 0.819. The van der Waals surface area contributed by atoms with E-state index >= 15 is 0 Å². The third-order valence-corrected chi connectivity index (χ3v) is 13.3. The fourth-order valence-corrected chi connectivity index (χ4v) is 8.13. The standard InChI is InChI=1S/C12H7F3N.2C11H6F2N.C11H8N.C9H7NO.3C6HF4NO2.C6H5NO2.5Ir/c13-12(14,15)10-6-4-9(5-7-10)11-3-1-2-8-16-11;2*12-8-4-5-9(10(13)7-8)11-3-1-2-6-14-11;1-2-6-10(7-3-1)11-8-4-5-9-12-11;11-8-5-1-3-7-4-2-6-10-9(7)8;3*7-1-2(8)4(6(12)13)11-5(10)3(1)9;8-6(9)5-3-1-2-4-7-5;;;;;/h1-4,6-8H;2*1-4,6-7H;1-6,8-9H;1-6,11H;3*(H,12,13);1-4H,(H,8,9);;;;;/q4*-1;;;;;;;;;;. The summed E-state index contributed by atoms with van der Waals surface area (Å²) >= 11 is 0. The van der Waals surface area contributed by atoms with Gasteiger partial charge in [0.25, 0.3) is 17.8 Å². The quantitative estimate of drug-likeness (QED) is 0.0537. The maximum Gasteiger partial charge on any atom is 0.381 e. The van der Waals surface area contributed by atoms with E-state index in [4.69, 9.17) is 20.4 Å². The third-order valence-electron chi connectivity index (χ3n) is 13.3. The summed E-state index contributed by atoms with van der Waals surface area (Å²) in [6, 6.07) is 60.9. The predicted molar refractivity (Wildman–Crippen MR) is 367 cm³/mol. The molecule has 5 aromatic carbocycles. The van der Waals surface area contributed by atoms with Gasteiger partial charge in [-0.3, -0.25) is 22.5 Å². The minimum Gasteiger partial charge on any atom is -0.506 e. The number of rotatable bonds is 8. The van der Waals surface area contributed by atoms with Crippen LogP contribution in [0.2, 0.25) is 0 Å². The first-order chi connectivity index (χ1) is 54.6. The van der Waals surface area contributed by atoms with Crippen LogP contribution in [0.15, 0.2) is 225 Å². The number of alkyl halides is 3. The minimum absolute atomic E-state index is 0. The molecule has 120 heavy (non-hydrogen) atoms. The molecule has 0 aliphatic heterocycles. The van der Waals surface area contributed by atoms with Crippen LogP contribution in [0.4, 0.5) is 83.4 Å². The van der Waals surface area contributed by atoms with Crippen molar-refractivity contribution in [2.45, 2.75) is 6.18 Å². The molecule has 0 spiro atoms. The maximum atomic E-state index is 13.2. The third kappa shape index (κ3) is 32.2. The minimum atomic E-state index is -4.32. The number of aromatic carboxylic acids is 4. The smallest absolute Gasteiger partial charge is 0.381 e. The Kier molecular flexibility index (Phi) is 46.3. The van der Waals surface area contributed by atoms with Crippen molar-refractivity contribution in [3.05, 3.63) is 371 Å². The molecule has 635 valence electrons. The molecule has 0 amide bonds. The number of para-hydroxylation sites is 1. The van der Waals surface area contributed by atoms with Gasteiger partial charge in [0.2, 0.25) is 34.9 Å². The summed E-state index contributed by atoms with van der Waals surface area (Å²) in [5.74, 6) is -34.3. The van der Waals surface area contributed by atoms with Crippen LogP contribution >= 0.6 is 0 Å². The first kappa shape index (κ1) is 106. The normalized spacial score (nSPS) is 9.76. The molecule has 14 rings (SSSR count). The number of pyridine rings is 9. The number of carboxylic acids is 4. The van der Waals surface area contributed by atoms with E-state index in [1.54, 1.807) is 110 Å². The molecule has 0 aliphatic carbocycles. The van der Waals surface area contributed by atoms with Crippen LogP contribution in [-0.4, -0.2) is 94.3 Å². The molecule has 0 bridgehead atoms. The SMILES string of the molecule is FC(F)(F)c1c[c-]c(-c2ccccn2)cc1.Fc1c[c-]c(-c2ccccn2)c(F)c1.Fc1c[c-]c(-c2ccccn2)c(F)c1.O=C(O)c1ccccn1.O=C(O)c1nc(F)c(F)c(F)c1F.O=C(O)c1nc(F)c(F)c(F)c1F.O=C(O)c1nc(F)c(F)c(F)c1F.Oc1cccc2cccnc12.[Ir].[Ir].[Ir].[Ir].[Ir].[c-]1ccccc1-c1ccccn1. The van der Waals surface area contributed by atoms with Crippen molar-refractivity contribution in [3.63, 3.8) is 0 Å². The Morgan fingerprint density at radius 2 is 0.683 bits per heavy atom. The van der Waals surface area contributed by atoms with Gasteiger partial charge in [-0.1, -0.05) is 96.1 Å². The Balaban J connectivity index is 0.000000674. The van der Waals surface area contributed by atoms with Crippen molar-refractivity contribution < 1.29 is 229 Å². The van der Waals surface area contributed by atoms with Crippen molar-refractivity contribution in [1.29, 1.82) is 0 Å². The van der Waals surface area contributed by atoms with Gasteiger partial charge in [0.05, 0.1) is 0 Å². The molecule has 9 heterocycles. The number of carbonyl (C=O) groups is 4. The Morgan fingerprint density at radius 3 is 0.983 bits per heavy atom. The first-order valence-corrected chi connectivity index (χ1v) is 31.0. The number of carboxylic acid groups (broad SMARTS) is 4.